The number of thioether (sulfide) groups is 1. The van der Waals surface area contributed by atoms with Gasteiger partial charge in [0.15, 0.2) is 15.0 Å². The van der Waals surface area contributed by atoms with Crippen molar-refractivity contribution < 1.29 is 17.9 Å². The number of ether oxygens (including phenoxy) is 2. The Labute approximate surface area is 138 Å². The van der Waals surface area contributed by atoms with Crippen molar-refractivity contribution in [1.29, 1.82) is 5.41 Å². The van der Waals surface area contributed by atoms with Crippen molar-refractivity contribution in [1.82, 2.24) is 0 Å². The largest absolute Gasteiger partial charge is 0.495 e. The Bertz CT molecular complexity index is 738. The standard InChI is InChI=1S/C13H15ClN2O4S2/c1-19-10-4-11(20-2)8(3-7(10)14)16-9-5-22(17,18)6-12(9)21-13(16)15/h3-4,9,12,15H,5-6H2,1-2H3/t9-,12+/m1/s1. The van der Waals surface area contributed by atoms with Crippen molar-refractivity contribution >= 4 is 44.1 Å². The summed E-state index contributed by atoms with van der Waals surface area (Å²) >= 11 is 7.46. The van der Waals surface area contributed by atoms with Gasteiger partial charge in [0.1, 0.15) is 11.5 Å². The summed E-state index contributed by atoms with van der Waals surface area (Å²) in [6.45, 7) is 0. The minimum atomic E-state index is -3.07. The number of fused-ring (bicyclic) bond motifs is 1. The predicted molar refractivity (Wildman–Crippen MR) is 88.6 cm³/mol. The van der Waals surface area contributed by atoms with Crippen molar-refractivity contribution in [2.24, 2.45) is 0 Å². The first-order valence-electron chi connectivity index (χ1n) is 6.52. The fourth-order valence-corrected chi connectivity index (χ4v) is 6.84. The van der Waals surface area contributed by atoms with Gasteiger partial charge in [-0.25, -0.2) is 8.42 Å². The van der Waals surface area contributed by atoms with Crippen LogP contribution in [-0.4, -0.2) is 50.6 Å². The molecule has 1 aromatic rings. The Morgan fingerprint density at radius 1 is 1.27 bits per heavy atom. The maximum absolute atomic E-state index is 11.9. The van der Waals surface area contributed by atoms with Gasteiger partial charge in [-0.1, -0.05) is 23.4 Å². The first-order valence-corrected chi connectivity index (χ1v) is 9.60. The number of methoxy groups -OCH3 is 2. The maximum atomic E-state index is 11.9. The number of anilines is 1. The average molecular weight is 363 g/mol. The molecule has 2 atom stereocenters. The number of amidine groups is 1. The second-order valence-corrected chi connectivity index (χ2v) is 8.92. The van der Waals surface area contributed by atoms with Gasteiger partial charge in [-0.05, 0) is 6.07 Å². The van der Waals surface area contributed by atoms with E-state index in [2.05, 4.69) is 0 Å². The Balaban J connectivity index is 2.06. The molecular formula is C13H15ClN2O4S2. The van der Waals surface area contributed by atoms with Gasteiger partial charge in [-0.3, -0.25) is 5.41 Å². The molecule has 0 amide bonds. The molecule has 0 aromatic heterocycles. The van der Waals surface area contributed by atoms with E-state index in [0.717, 1.165) is 0 Å². The fraction of sp³-hybridized carbons (Fsp3) is 0.462. The molecule has 0 spiro atoms. The lowest BCUT2D eigenvalue weighted by atomic mass is 10.2. The van der Waals surface area contributed by atoms with Crippen molar-refractivity contribution in [3.05, 3.63) is 17.2 Å². The Morgan fingerprint density at radius 2 is 1.95 bits per heavy atom. The molecule has 0 unspecified atom stereocenters. The van der Waals surface area contributed by atoms with E-state index in [1.807, 2.05) is 0 Å². The van der Waals surface area contributed by atoms with Crippen molar-refractivity contribution in [3.63, 3.8) is 0 Å². The molecule has 120 valence electrons. The monoisotopic (exact) mass is 362 g/mol. The summed E-state index contributed by atoms with van der Waals surface area (Å²) in [6.07, 6.45) is 0. The zero-order valence-electron chi connectivity index (χ0n) is 12.0. The molecule has 0 bridgehead atoms. The summed E-state index contributed by atoms with van der Waals surface area (Å²) in [5.41, 5.74) is 0.593. The number of rotatable bonds is 3. The van der Waals surface area contributed by atoms with Gasteiger partial charge < -0.3 is 14.4 Å². The Morgan fingerprint density at radius 3 is 2.59 bits per heavy atom. The summed E-state index contributed by atoms with van der Waals surface area (Å²) in [5, 5.41) is 8.75. The van der Waals surface area contributed by atoms with Crippen LogP contribution in [0.15, 0.2) is 12.1 Å². The van der Waals surface area contributed by atoms with Crippen LogP contribution in [0.1, 0.15) is 0 Å². The molecule has 2 heterocycles. The van der Waals surface area contributed by atoms with E-state index < -0.39 is 9.84 Å². The second kappa shape index (κ2) is 5.50. The first kappa shape index (κ1) is 15.8. The second-order valence-electron chi connectivity index (χ2n) is 5.13. The third-order valence-corrected chi connectivity index (χ3v) is 7.22. The predicted octanol–water partition coefficient (Wildman–Crippen LogP) is 2.01. The van der Waals surface area contributed by atoms with Crippen LogP contribution in [-0.2, 0) is 9.84 Å². The smallest absolute Gasteiger partial charge is 0.161 e. The lowest BCUT2D eigenvalue weighted by Crippen LogP contribution is -2.37. The molecule has 1 N–H and O–H groups in total. The molecule has 0 aliphatic carbocycles. The molecule has 0 radical (unpaired) electrons. The lowest BCUT2D eigenvalue weighted by Gasteiger charge is -2.26. The van der Waals surface area contributed by atoms with Crippen LogP contribution in [0.2, 0.25) is 5.02 Å². The topological polar surface area (TPSA) is 79.7 Å². The van der Waals surface area contributed by atoms with Crippen molar-refractivity contribution in [2.45, 2.75) is 11.3 Å². The molecule has 2 fully saturated rings. The normalized spacial score (nSPS) is 26.1. The zero-order valence-corrected chi connectivity index (χ0v) is 14.4. The highest BCUT2D eigenvalue weighted by Gasteiger charge is 2.49. The van der Waals surface area contributed by atoms with E-state index in [1.54, 1.807) is 17.0 Å². The number of halogens is 1. The summed E-state index contributed by atoms with van der Waals surface area (Å²) in [7, 11) is -0.0467. The summed E-state index contributed by atoms with van der Waals surface area (Å²) < 4.78 is 34.3. The minimum Gasteiger partial charge on any atom is -0.495 e. The van der Waals surface area contributed by atoms with Crippen LogP contribution in [0.25, 0.3) is 0 Å². The summed E-state index contributed by atoms with van der Waals surface area (Å²) in [5.74, 6) is 1.11. The minimum absolute atomic E-state index is 0.0415. The van der Waals surface area contributed by atoms with E-state index in [-0.39, 0.29) is 22.8 Å². The molecule has 0 saturated carbocycles. The number of benzene rings is 1. The highest BCUT2D eigenvalue weighted by molar-refractivity contribution is 8.15. The Hall–Kier alpha value is -1.12. The molecule has 6 nitrogen and oxygen atoms in total. The highest BCUT2D eigenvalue weighted by Crippen LogP contribution is 2.46. The van der Waals surface area contributed by atoms with Gasteiger partial charge in [-0.15, -0.1) is 0 Å². The van der Waals surface area contributed by atoms with Crippen LogP contribution in [0.4, 0.5) is 5.69 Å². The molecular weight excluding hydrogens is 348 g/mol. The lowest BCUT2D eigenvalue weighted by molar-refractivity contribution is 0.394. The average Bonchev–Trinajstić information content (AvgIpc) is 2.88. The van der Waals surface area contributed by atoms with E-state index in [0.29, 0.717) is 27.4 Å². The van der Waals surface area contributed by atoms with Crippen LogP contribution in [0.3, 0.4) is 0 Å². The van der Waals surface area contributed by atoms with E-state index >= 15 is 0 Å². The van der Waals surface area contributed by atoms with Crippen molar-refractivity contribution in [3.8, 4) is 11.5 Å². The third-order valence-electron chi connectivity index (χ3n) is 3.80. The molecule has 2 aliphatic rings. The molecule has 1 aromatic carbocycles. The van der Waals surface area contributed by atoms with Gasteiger partial charge in [-0.2, -0.15) is 0 Å². The van der Waals surface area contributed by atoms with Crippen LogP contribution < -0.4 is 14.4 Å². The van der Waals surface area contributed by atoms with E-state index in [1.165, 1.54) is 26.0 Å². The molecule has 9 heteroatoms. The fourth-order valence-electron chi connectivity index (χ4n) is 2.82. The van der Waals surface area contributed by atoms with Crippen LogP contribution >= 0.6 is 23.4 Å². The van der Waals surface area contributed by atoms with Crippen LogP contribution in [0, 0.1) is 5.41 Å². The van der Waals surface area contributed by atoms with Gasteiger partial charge in [0.2, 0.25) is 0 Å². The van der Waals surface area contributed by atoms with Gasteiger partial charge in [0.05, 0.1) is 42.5 Å². The van der Waals surface area contributed by atoms with Crippen LogP contribution in [0.5, 0.6) is 11.5 Å². The molecule has 2 aliphatic heterocycles. The van der Waals surface area contributed by atoms with Gasteiger partial charge in [0, 0.05) is 11.3 Å². The zero-order chi connectivity index (χ0) is 16.1. The van der Waals surface area contributed by atoms with Gasteiger partial charge in [0.25, 0.3) is 0 Å². The van der Waals surface area contributed by atoms with E-state index in [4.69, 9.17) is 26.5 Å². The Kier molecular flexibility index (Phi) is 3.94. The van der Waals surface area contributed by atoms with Gasteiger partial charge >= 0.3 is 0 Å². The SMILES string of the molecule is COc1cc(OC)c(N2C(=N)S[C@H]3CS(=O)(=O)C[C@H]32)cc1Cl. The first-order chi connectivity index (χ1) is 10.4. The number of nitrogens with zero attached hydrogens (tertiary/aromatic N) is 1. The number of hydrogen-bond acceptors (Lipinski definition) is 6. The number of sulfone groups is 1. The van der Waals surface area contributed by atoms with Crippen molar-refractivity contribution in [2.75, 3.05) is 30.6 Å². The quantitative estimate of drug-likeness (QED) is 0.886. The number of hydrogen-bond donors (Lipinski definition) is 1. The van der Waals surface area contributed by atoms with E-state index in [9.17, 15) is 8.42 Å². The maximum Gasteiger partial charge on any atom is 0.161 e. The molecule has 22 heavy (non-hydrogen) atoms. The summed E-state index contributed by atoms with van der Waals surface area (Å²) in [4.78, 5) is 1.70. The molecule has 2 saturated heterocycles. The molecule has 3 rings (SSSR count). The third kappa shape index (κ3) is 2.53. The highest BCUT2D eigenvalue weighted by atomic mass is 35.5. The summed E-state index contributed by atoms with van der Waals surface area (Å²) in [6, 6.07) is 3.04. The number of nitrogens with one attached hydrogen (secondary N) is 1.